The quantitative estimate of drug-likeness (QED) is 0.523. The molecule has 2 aromatic rings. The third-order valence-corrected chi connectivity index (χ3v) is 8.91. The molecule has 1 aliphatic heterocycles. The lowest BCUT2D eigenvalue weighted by atomic mass is 9.63. The Labute approximate surface area is 232 Å². The Kier molecular flexibility index (Phi) is 7.72. The summed E-state index contributed by atoms with van der Waals surface area (Å²) in [6.45, 7) is 7.54. The van der Waals surface area contributed by atoms with Gasteiger partial charge in [0.05, 0.1) is 29.1 Å². The topological polar surface area (TPSA) is 84.9 Å². The molecule has 1 saturated heterocycles. The smallest absolute Gasteiger partial charge is 0.410 e. The number of aromatic nitrogens is 2. The Morgan fingerprint density at radius 2 is 1.90 bits per heavy atom. The highest BCUT2D eigenvalue weighted by Crippen LogP contribution is 2.47. The van der Waals surface area contributed by atoms with Gasteiger partial charge in [-0.3, -0.25) is 9.11 Å². The molecule has 10 heteroatoms. The molecule has 3 atom stereocenters. The molecule has 1 aromatic heterocycles. The van der Waals surface area contributed by atoms with E-state index in [2.05, 4.69) is 4.90 Å². The number of rotatable bonds is 4. The van der Waals surface area contributed by atoms with Gasteiger partial charge in [-0.1, -0.05) is 12.1 Å². The standard InChI is InChI=1S/C29H39FN4O4S/c1-28(2,3)38-27(35)34-14-13-33(17-20(34)18-37-4)25-22-10-12-29(16-24(22)31-26(32-25)39(5)36)11-9-21-19(15-29)7-6-8-23(21)30/h6-8,20H,9-18H2,1-5H3/t20-,29-,39?/m1/s1. The number of halogens is 1. The molecule has 0 radical (unpaired) electrons. The number of carbonyl (C=O) groups is 1. The zero-order valence-electron chi connectivity index (χ0n) is 23.6. The molecule has 0 bridgehead atoms. The summed E-state index contributed by atoms with van der Waals surface area (Å²) in [5.41, 5.74) is 3.42. The maximum Gasteiger partial charge on any atom is 0.410 e. The summed E-state index contributed by atoms with van der Waals surface area (Å²) in [6.07, 6.45) is 6.28. The number of ether oxygens (including phenoxy) is 2. The summed E-state index contributed by atoms with van der Waals surface area (Å²) in [4.78, 5) is 26.5. The summed E-state index contributed by atoms with van der Waals surface area (Å²) in [7, 11) is 0.287. The third-order valence-electron chi connectivity index (χ3n) is 8.21. The van der Waals surface area contributed by atoms with Gasteiger partial charge >= 0.3 is 6.09 Å². The van der Waals surface area contributed by atoms with Gasteiger partial charge in [0.25, 0.3) is 0 Å². The molecule has 0 saturated carbocycles. The molecule has 39 heavy (non-hydrogen) atoms. The van der Waals surface area contributed by atoms with Crippen LogP contribution in [0.4, 0.5) is 15.0 Å². The number of piperazine rings is 1. The molecule has 1 aromatic carbocycles. The lowest BCUT2D eigenvalue weighted by Crippen LogP contribution is -2.58. The second-order valence-electron chi connectivity index (χ2n) is 12.2. The number of amides is 1. The van der Waals surface area contributed by atoms with Crippen LogP contribution >= 0.6 is 0 Å². The molecule has 5 rings (SSSR count). The minimum Gasteiger partial charge on any atom is -0.444 e. The fourth-order valence-electron chi connectivity index (χ4n) is 6.36. The predicted molar refractivity (Wildman–Crippen MR) is 148 cm³/mol. The van der Waals surface area contributed by atoms with Crippen LogP contribution in [-0.4, -0.2) is 76.4 Å². The molecular weight excluding hydrogens is 519 g/mol. The molecular formula is C29H39FN4O4S. The van der Waals surface area contributed by atoms with Gasteiger partial charge in [0.15, 0.2) is 0 Å². The average Bonchev–Trinajstić information content (AvgIpc) is 2.87. The number of fused-ring (bicyclic) bond motifs is 2. The maximum atomic E-state index is 14.4. The van der Waals surface area contributed by atoms with Crippen molar-refractivity contribution < 1.29 is 22.9 Å². The van der Waals surface area contributed by atoms with Crippen LogP contribution in [-0.2, 0) is 46.0 Å². The number of hydrogen-bond donors (Lipinski definition) is 0. The van der Waals surface area contributed by atoms with Gasteiger partial charge in [0.1, 0.15) is 17.2 Å². The Hall–Kier alpha value is -2.59. The fourth-order valence-corrected chi connectivity index (χ4v) is 6.81. The van der Waals surface area contributed by atoms with Crippen molar-refractivity contribution in [3.8, 4) is 0 Å². The molecule has 1 amide bonds. The van der Waals surface area contributed by atoms with Crippen LogP contribution in [0, 0.1) is 11.2 Å². The summed E-state index contributed by atoms with van der Waals surface area (Å²) < 4.78 is 38.2. The first kappa shape index (κ1) is 28.0. The Balaban J connectivity index is 1.43. The highest BCUT2D eigenvalue weighted by atomic mass is 32.2. The molecule has 0 N–H and O–H groups in total. The zero-order chi connectivity index (χ0) is 27.9. The molecule has 1 unspecified atom stereocenters. The second kappa shape index (κ2) is 10.8. The Morgan fingerprint density at radius 1 is 1.15 bits per heavy atom. The first-order chi connectivity index (χ1) is 18.5. The number of nitrogens with zero attached hydrogens (tertiary/aromatic N) is 4. The maximum absolute atomic E-state index is 14.4. The molecule has 2 aliphatic carbocycles. The van der Waals surface area contributed by atoms with E-state index < -0.39 is 16.4 Å². The summed E-state index contributed by atoms with van der Waals surface area (Å²) >= 11 is 0. The highest BCUT2D eigenvalue weighted by molar-refractivity contribution is 7.84. The van der Waals surface area contributed by atoms with E-state index in [1.807, 2.05) is 26.8 Å². The van der Waals surface area contributed by atoms with Crippen molar-refractivity contribution in [2.45, 2.75) is 76.1 Å². The largest absolute Gasteiger partial charge is 0.444 e. The number of anilines is 1. The molecule has 8 nitrogen and oxygen atoms in total. The normalized spacial score (nSPS) is 23.8. The van der Waals surface area contributed by atoms with Crippen molar-refractivity contribution in [3.63, 3.8) is 0 Å². The van der Waals surface area contributed by atoms with Crippen molar-refractivity contribution in [2.24, 2.45) is 5.41 Å². The summed E-state index contributed by atoms with van der Waals surface area (Å²) in [6, 6.07) is 5.19. The van der Waals surface area contributed by atoms with Crippen LogP contribution in [0.5, 0.6) is 0 Å². The van der Waals surface area contributed by atoms with E-state index in [4.69, 9.17) is 19.4 Å². The Morgan fingerprint density at radius 3 is 2.59 bits per heavy atom. The van der Waals surface area contributed by atoms with Gasteiger partial charge in [0.2, 0.25) is 5.16 Å². The van der Waals surface area contributed by atoms with Gasteiger partial charge in [-0.05, 0) is 81.9 Å². The monoisotopic (exact) mass is 558 g/mol. The number of methoxy groups -OCH3 is 1. The molecule has 3 aliphatic rings. The van der Waals surface area contributed by atoms with Crippen LogP contribution in [0.3, 0.4) is 0 Å². The van der Waals surface area contributed by atoms with Gasteiger partial charge in [-0.15, -0.1) is 0 Å². The number of hydrogen-bond acceptors (Lipinski definition) is 7. The molecule has 212 valence electrons. The first-order valence-corrected chi connectivity index (χ1v) is 15.3. The van der Waals surface area contributed by atoms with E-state index in [-0.39, 0.29) is 23.4 Å². The highest BCUT2D eigenvalue weighted by Gasteiger charge is 2.41. The minimum atomic E-state index is -1.34. The lowest BCUT2D eigenvalue weighted by molar-refractivity contribution is 0.00334. The van der Waals surface area contributed by atoms with E-state index in [9.17, 15) is 13.4 Å². The lowest BCUT2D eigenvalue weighted by Gasteiger charge is -2.44. The van der Waals surface area contributed by atoms with Crippen molar-refractivity contribution >= 4 is 22.7 Å². The van der Waals surface area contributed by atoms with Crippen molar-refractivity contribution in [3.05, 3.63) is 46.4 Å². The predicted octanol–water partition coefficient (Wildman–Crippen LogP) is 4.09. The van der Waals surface area contributed by atoms with Crippen molar-refractivity contribution in [1.82, 2.24) is 14.9 Å². The molecule has 1 spiro atoms. The average molecular weight is 559 g/mol. The van der Waals surface area contributed by atoms with Crippen LogP contribution in [0.15, 0.2) is 23.4 Å². The summed E-state index contributed by atoms with van der Waals surface area (Å²) in [5, 5.41) is 0.334. The van der Waals surface area contributed by atoms with Crippen LogP contribution in [0.1, 0.15) is 56.0 Å². The van der Waals surface area contributed by atoms with Crippen LogP contribution < -0.4 is 4.90 Å². The van der Waals surface area contributed by atoms with E-state index in [0.29, 0.717) is 31.4 Å². The fraction of sp³-hybridized carbons (Fsp3) is 0.621. The van der Waals surface area contributed by atoms with Crippen LogP contribution in [0.2, 0.25) is 0 Å². The van der Waals surface area contributed by atoms with Crippen molar-refractivity contribution in [2.75, 3.05) is 44.5 Å². The van der Waals surface area contributed by atoms with E-state index >= 15 is 0 Å². The third kappa shape index (κ3) is 5.82. The van der Waals surface area contributed by atoms with E-state index in [0.717, 1.165) is 66.7 Å². The molecule has 2 heterocycles. The summed E-state index contributed by atoms with van der Waals surface area (Å²) in [5.74, 6) is 0.704. The first-order valence-electron chi connectivity index (χ1n) is 13.7. The van der Waals surface area contributed by atoms with Gasteiger partial charge in [0, 0.05) is 38.6 Å². The molecule has 1 fully saturated rings. The van der Waals surface area contributed by atoms with Gasteiger partial charge in [-0.25, -0.2) is 19.2 Å². The van der Waals surface area contributed by atoms with Gasteiger partial charge in [-0.2, -0.15) is 0 Å². The van der Waals surface area contributed by atoms with E-state index in [1.54, 1.807) is 30.4 Å². The zero-order valence-corrected chi connectivity index (χ0v) is 24.4. The SMILES string of the molecule is COC[C@H]1CN(c2nc(S(C)=O)nc3c2CC[C@@]2(CCc4c(F)cccc4C2)C3)CCN1C(=O)OC(C)(C)C. The van der Waals surface area contributed by atoms with Crippen molar-refractivity contribution in [1.29, 1.82) is 0 Å². The number of carbonyl (C=O) groups excluding carboxylic acids is 1. The Bertz CT molecular complexity index is 1280. The minimum absolute atomic E-state index is 0.0138. The number of benzene rings is 1. The van der Waals surface area contributed by atoms with Crippen LogP contribution in [0.25, 0.3) is 0 Å². The second-order valence-corrected chi connectivity index (χ2v) is 13.4. The van der Waals surface area contributed by atoms with E-state index in [1.165, 1.54) is 0 Å². The van der Waals surface area contributed by atoms with Gasteiger partial charge < -0.3 is 14.4 Å².